The minimum absolute atomic E-state index is 0.0641. The Bertz CT molecular complexity index is 1830. The van der Waals surface area contributed by atoms with E-state index in [2.05, 4.69) is 138 Å². The van der Waals surface area contributed by atoms with Gasteiger partial charge in [0.05, 0.1) is 14.1 Å². The molecule has 198 valence electrons. The molecule has 39 heavy (non-hydrogen) atoms. The Hall–Kier alpha value is -3.92. The second kappa shape index (κ2) is 8.54. The van der Waals surface area contributed by atoms with Crippen LogP contribution in [-0.4, -0.2) is 9.55 Å². The summed E-state index contributed by atoms with van der Waals surface area (Å²) in [6, 6.07) is 24.0. The van der Waals surface area contributed by atoms with E-state index in [4.69, 9.17) is 9.40 Å². The normalized spacial score (nSPS) is 12.7. The summed E-state index contributed by atoms with van der Waals surface area (Å²) in [6.07, 6.45) is 0. The van der Waals surface area contributed by atoms with Crippen molar-refractivity contribution in [3.8, 4) is 22.5 Å². The molecule has 0 spiro atoms. The molecule has 0 unspecified atom stereocenters. The molecule has 0 aliphatic heterocycles. The number of rotatable bonds is 2. The highest BCUT2D eigenvalue weighted by molar-refractivity contribution is 6.13. The number of fused-ring (bicyclic) bond motifs is 4. The average Bonchev–Trinajstić information content (AvgIpc) is 3.38. The summed E-state index contributed by atoms with van der Waals surface area (Å²) in [5, 5.41) is 2.27. The standard InChI is InChI=1S/C35H38N3O/c1-21-17-18-25-24-14-12-13-23(22-19-28(34(2,3)4)36-29(20-22)35(5,6)7)31(24)39-32(25)30(21)33-37(8)26-15-10-11-16-27(26)38(33)9/h10-20H,1-9H3/q+1. The van der Waals surface area contributed by atoms with Gasteiger partial charge in [-0.25, -0.2) is 9.13 Å². The van der Waals surface area contributed by atoms with Crippen LogP contribution in [0.25, 0.3) is 55.5 Å². The van der Waals surface area contributed by atoms with Gasteiger partial charge in [-0.3, -0.25) is 4.98 Å². The Balaban J connectivity index is 1.67. The molecule has 0 amide bonds. The monoisotopic (exact) mass is 516 g/mol. The van der Waals surface area contributed by atoms with Crippen LogP contribution >= 0.6 is 0 Å². The maximum Gasteiger partial charge on any atom is 0.293 e. The predicted octanol–water partition coefficient (Wildman–Crippen LogP) is 8.53. The number of furan rings is 1. The minimum atomic E-state index is -0.0641. The van der Waals surface area contributed by atoms with Crippen molar-refractivity contribution in [2.45, 2.75) is 59.3 Å². The summed E-state index contributed by atoms with van der Waals surface area (Å²) in [7, 11) is 4.28. The van der Waals surface area contributed by atoms with E-state index in [0.717, 1.165) is 55.8 Å². The fraction of sp³-hybridized carbons (Fsp3) is 0.314. The van der Waals surface area contributed by atoms with Crippen molar-refractivity contribution in [2.24, 2.45) is 14.1 Å². The molecule has 0 N–H and O–H groups in total. The molecule has 0 bridgehead atoms. The predicted molar refractivity (Wildman–Crippen MR) is 162 cm³/mol. The van der Waals surface area contributed by atoms with Crippen molar-refractivity contribution >= 4 is 33.0 Å². The molecule has 3 heterocycles. The third-order valence-electron chi connectivity index (χ3n) is 8.01. The zero-order valence-corrected chi connectivity index (χ0v) is 24.6. The van der Waals surface area contributed by atoms with Gasteiger partial charge in [0.1, 0.15) is 11.1 Å². The lowest BCUT2D eigenvalue weighted by Gasteiger charge is -2.25. The van der Waals surface area contributed by atoms with E-state index >= 15 is 0 Å². The Morgan fingerprint density at radius 2 is 1.41 bits per heavy atom. The molecule has 4 heteroatoms. The first-order valence-electron chi connectivity index (χ1n) is 13.8. The zero-order chi connectivity index (χ0) is 27.9. The number of hydrogen-bond donors (Lipinski definition) is 0. The van der Waals surface area contributed by atoms with Crippen molar-refractivity contribution < 1.29 is 8.98 Å². The van der Waals surface area contributed by atoms with E-state index in [1.54, 1.807) is 0 Å². The molecular weight excluding hydrogens is 478 g/mol. The van der Waals surface area contributed by atoms with E-state index in [-0.39, 0.29) is 10.8 Å². The van der Waals surface area contributed by atoms with E-state index < -0.39 is 0 Å². The maximum atomic E-state index is 6.91. The van der Waals surface area contributed by atoms with Gasteiger partial charge in [-0.05, 0) is 42.3 Å². The smallest absolute Gasteiger partial charge is 0.293 e. The van der Waals surface area contributed by atoms with Gasteiger partial charge in [0.25, 0.3) is 5.82 Å². The summed E-state index contributed by atoms with van der Waals surface area (Å²) >= 11 is 0. The third-order valence-corrected chi connectivity index (χ3v) is 8.01. The molecule has 0 fully saturated rings. The molecule has 0 saturated carbocycles. The topological polar surface area (TPSA) is 34.8 Å². The van der Waals surface area contributed by atoms with Gasteiger partial charge in [-0.1, -0.05) is 84.0 Å². The number of imidazole rings is 1. The first kappa shape index (κ1) is 25.4. The van der Waals surface area contributed by atoms with Crippen LogP contribution in [0.15, 0.2) is 71.1 Å². The molecule has 3 aromatic carbocycles. The van der Waals surface area contributed by atoms with Crippen molar-refractivity contribution in [2.75, 3.05) is 0 Å². The fourth-order valence-corrected chi connectivity index (χ4v) is 5.74. The summed E-state index contributed by atoms with van der Waals surface area (Å²) < 4.78 is 11.5. The van der Waals surface area contributed by atoms with Crippen LogP contribution in [0.3, 0.4) is 0 Å². The molecular formula is C35H38N3O+. The average molecular weight is 517 g/mol. The number of pyridine rings is 1. The van der Waals surface area contributed by atoms with Crippen molar-refractivity contribution in [1.29, 1.82) is 0 Å². The largest absolute Gasteiger partial charge is 0.454 e. The van der Waals surface area contributed by atoms with Gasteiger partial charge in [-0.2, -0.15) is 0 Å². The highest BCUT2D eigenvalue weighted by Crippen LogP contribution is 2.42. The SMILES string of the molecule is Cc1ccc2c(oc3c(-c4cc(C(C)(C)C)nc(C(C)(C)C)c4)cccc32)c1-c1n(C)c2ccccc2[n+]1C. The first-order chi connectivity index (χ1) is 18.4. The van der Waals surface area contributed by atoms with Gasteiger partial charge < -0.3 is 4.42 Å². The van der Waals surface area contributed by atoms with Crippen LogP contribution in [0.1, 0.15) is 58.5 Å². The number of para-hydroxylation sites is 3. The molecule has 0 saturated heterocycles. The summed E-state index contributed by atoms with van der Waals surface area (Å²) in [5.41, 5.74) is 10.9. The van der Waals surface area contributed by atoms with Crippen LogP contribution < -0.4 is 4.57 Å². The number of aromatic nitrogens is 3. The summed E-state index contributed by atoms with van der Waals surface area (Å²) in [6.45, 7) is 15.5. The molecule has 0 radical (unpaired) electrons. The first-order valence-corrected chi connectivity index (χ1v) is 13.8. The molecule has 0 atom stereocenters. The Morgan fingerprint density at radius 3 is 2.05 bits per heavy atom. The molecule has 6 rings (SSSR count). The number of nitrogens with zero attached hydrogens (tertiary/aromatic N) is 3. The summed E-state index contributed by atoms with van der Waals surface area (Å²) in [4.78, 5) is 5.09. The molecule has 0 aliphatic carbocycles. The Kier molecular flexibility index (Phi) is 5.55. The van der Waals surface area contributed by atoms with E-state index in [1.165, 1.54) is 16.6 Å². The molecule has 4 nitrogen and oxygen atoms in total. The van der Waals surface area contributed by atoms with Gasteiger partial charge in [0.15, 0.2) is 16.6 Å². The summed E-state index contributed by atoms with van der Waals surface area (Å²) in [5.74, 6) is 1.13. The molecule has 6 aromatic rings. The van der Waals surface area contributed by atoms with E-state index in [9.17, 15) is 0 Å². The van der Waals surface area contributed by atoms with Crippen LogP contribution in [0.2, 0.25) is 0 Å². The zero-order valence-electron chi connectivity index (χ0n) is 24.6. The third kappa shape index (κ3) is 3.96. The highest BCUT2D eigenvalue weighted by Gasteiger charge is 2.28. The minimum Gasteiger partial charge on any atom is -0.454 e. The fourth-order valence-electron chi connectivity index (χ4n) is 5.74. The van der Waals surface area contributed by atoms with Crippen molar-refractivity contribution in [3.05, 3.63) is 83.7 Å². The van der Waals surface area contributed by atoms with Crippen LogP contribution in [0.4, 0.5) is 0 Å². The van der Waals surface area contributed by atoms with Crippen molar-refractivity contribution in [1.82, 2.24) is 9.55 Å². The number of benzene rings is 3. The van der Waals surface area contributed by atoms with E-state index in [1.807, 2.05) is 0 Å². The lowest BCUT2D eigenvalue weighted by Crippen LogP contribution is -2.30. The van der Waals surface area contributed by atoms with Gasteiger partial charge in [-0.15, -0.1) is 0 Å². The van der Waals surface area contributed by atoms with Gasteiger partial charge >= 0.3 is 0 Å². The second-order valence-corrected chi connectivity index (χ2v) is 13.0. The van der Waals surface area contributed by atoms with Gasteiger partial charge in [0.2, 0.25) is 0 Å². The van der Waals surface area contributed by atoms with Crippen LogP contribution in [0.5, 0.6) is 0 Å². The highest BCUT2D eigenvalue weighted by atomic mass is 16.3. The maximum absolute atomic E-state index is 6.91. The Morgan fingerprint density at radius 1 is 0.769 bits per heavy atom. The Labute approximate surface area is 230 Å². The van der Waals surface area contributed by atoms with Gasteiger partial charge in [0, 0.05) is 38.6 Å². The lowest BCUT2D eigenvalue weighted by molar-refractivity contribution is -0.634. The molecule has 3 aromatic heterocycles. The quantitative estimate of drug-likeness (QED) is 0.216. The number of hydrogen-bond acceptors (Lipinski definition) is 2. The lowest BCUT2D eigenvalue weighted by atomic mass is 9.85. The van der Waals surface area contributed by atoms with E-state index in [0.29, 0.717) is 0 Å². The number of aryl methyl sites for hydroxylation is 3. The van der Waals surface area contributed by atoms with Crippen LogP contribution in [0, 0.1) is 6.92 Å². The second-order valence-electron chi connectivity index (χ2n) is 13.0. The van der Waals surface area contributed by atoms with Crippen molar-refractivity contribution in [3.63, 3.8) is 0 Å². The van der Waals surface area contributed by atoms with Crippen LogP contribution in [-0.2, 0) is 24.9 Å². The molecule has 0 aliphatic rings.